The van der Waals surface area contributed by atoms with E-state index < -0.39 is 5.97 Å². The Hall–Kier alpha value is -3.12. The Kier molecular flexibility index (Phi) is 5.12. The molecule has 0 saturated carbocycles. The third-order valence-electron chi connectivity index (χ3n) is 4.36. The lowest BCUT2D eigenvalue weighted by molar-refractivity contribution is 0.0735. The van der Waals surface area contributed by atoms with Crippen LogP contribution < -0.4 is 9.47 Å². The standard InChI is InChI=1S/C22H16BrNO4/c1-26-20-5-3-2-4-15(20)12-19-18-11-10-17(13-21(18)28-24-19)27-22(25)14-6-8-16(23)9-7-14/h2-11,13H,12H2,1H3. The Morgan fingerprint density at radius 3 is 2.64 bits per heavy atom. The van der Waals surface area contributed by atoms with Gasteiger partial charge >= 0.3 is 5.97 Å². The van der Waals surface area contributed by atoms with Gasteiger partial charge in [0.1, 0.15) is 11.5 Å². The molecular weight excluding hydrogens is 422 g/mol. The van der Waals surface area contributed by atoms with Crippen molar-refractivity contribution in [2.45, 2.75) is 6.42 Å². The van der Waals surface area contributed by atoms with Crippen molar-refractivity contribution in [1.29, 1.82) is 0 Å². The van der Waals surface area contributed by atoms with Crippen LogP contribution in [-0.2, 0) is 6.42 Å². The van der Waals surface area contributed by atoms with E-state index in [0.29, 0.717) is 23.3 Å². The molecule has 0 amide bonds. The molecule has 0 unspecified atom stereocenters. The molecule has 0 N–H and O–H groups in total. The fourth-order valence-corrected chi connectivity index (χ4v) is 3.21. The van der Waals surface area contributed by atoms with E-state index in [1.807, 2.05) is 30.3 Å². The molecule has 140 valence electrons. The van der Waals surface area contributed by atoms with E-state index >= 15 is 0 Å². The third kappa shape index (κ3) is 3.77. The van der Waals surface area contributed by atoms with Gasteiger partial charge in [-0.3, -0.25) is 0 Å². The van der Waals surface area contributed by atoms with E-state index in [-0.39, 0.29) is 0 Å². The van der Waals surface area contributed by atoms with Gasteiger partial charge in [0.15, 0.2) is 5.58 Å². The topological polar surface area (TPSA) is 61.6 Å². The highest BCUT2D eigenvalue weighted by molar-refractivity contribution is 9.10. The molecule has 0 saturated heterocycles. The number of ether oxygens (including phenoxy) is 2. The maximum atomic E-state index is 12.3. The van der Waals surface area contributed by atoms with Crippen molar-refractivity contribution in [2.75, 3.05) is 7.11 Å². The second-order valence-electron chi connectivity index (χ2n) is 6.17. The summed E-state index contributed by atoms with van der Waals surface area (Å²) < 4.78 is 17.2. The van der Waals surface area contributed by atoms with Gasteiger partial charge in [0.05, 0.1) is 18.4 Å². The summed E-state index contributed by atoms with van der Waals surface area (Å²) in [5.74, 6) is 0.778. The molecular formula is C22H16BrNO4. The van der Waals surface area contributed by atoms with Crippen molar-refractivity contribution in [3.63, 3.8) is 0 Å². The zero-order chi connectivity index (χ0) is 19.5. The van der Waals surface area contributed by atoms with Crippen LogP contribution >= 0.6 is 15.9 Å². The summed E-state index contributed by atoms with van der Waals surface area (Å²) in [7, 11) is 1.64. The van der Waals surface area contributed by atoms with Crippen LogP contribution in [0.5, 0.6) is 11.5 Å². The van der Waals surface area contributed by atoms with Gasteiger partial charge in [0.25, 0.3) is 0 Å². The number of carbonyl (C=O) groups is 1. The second kappa shape index (κ2) is 7.86. The van der Waals surface area contributed by atoms with Gasteiger partial charge in [-0.15, -0.1) is 0 Å². The van der Waals surface area contributed by atoms with Crippen molar-refractivity contribution in [3.8, 4) is 11.5 Å². The average molecular weight is 438 g/mol. The average Bonchev–Trinajstić information content (AvgIpc) is 3.11. The van der Waals surface area contributed by atoms with Gasteiger partial charge in [0, 0.05) is 27.9 Å². The first-order valence-electron chi connectivity index (χ1n) is 8.62. The summed E-state index contributed by atoms with van der Waals surface area (Å²) in [6.45, 7) is 0. The first-order chi connectivity index (χ1) is 13.6. The summed E-state index contributed by atoms with van der Waals surface area (Å²) in [5, 5.41) is 5.05. The van der Waals surface area contributed by atoms with Crippen LogP contribution in [0.4, 0.5) is 0 Å². The van der Waals surface area contributed by atoms with Gasteiger partial charge in [-0.05, 0) is 42.5 Å². The molecule has 0 atom stereocenters. The molecule has 0 bridgehead atoms. The molecule has 1 aromatic heterocycles. The monoisotopic (exact) mass is 437 g/mol. The number of carbonyl (C=O) groups excluding carboxylic acids is 1. The molecule has 4 aromatic rings. The Bertz CT molecular complexity index is 1130. The Morgan fingerprint density at radius 1 is 1.07 bits per heavy atom. The molecule has 0 aliphatic heterocycles. The van der Waals surface area contributed by atoms with E-state index in [1.54, 1.807) is 43.5 Å². The number of fused-ring (bicyclic) bond motifs is 1. The van der Waals surface area contributed by atoms with Crippen molar-refractivity contribution in [1.82, 2.24) is 5.16 Å². The number of methoxy groups -OCH3 is 1. The maximum absolute atomic E-state index is 12.3. The van der Waals surface area contributed by atoms with Gasteiger partial charge in [-0.1, -0.05) is 39.3 Å². The van der Waals surface area contributed by atoms with Crippen LogP contribution in [0.15, 0.2) is 75.7 Å². The summed E-state index contributed by atoms with van der Waals surface area (Å²) in [5.41, 5.74) is 2.85. The molecule has 0 fully saturated rings. The first-order valence-corrected chi connectivity index (χ1v) is 9.41. The molecule has 3 aromatic carbocycles. The smallest absolute Gasteiger partial charge is 0.343 e. The second-order valence-corrected chi connectivity index (χ2v) is 7.09. The van der Waals surface area contributed by atoms with Crippen LogP contribution in [0.3, 0.4) is 0 Å². The molecule has 28 heavy (non-hydrogen) atoms. The number of nitrogens with zero attached hydrogens (tertiary/aromatic N) is 1. The molecule has 0 radical (unpaired) electrons. The number of hydrogen-bond donors (Lipinski definition) is 0. The SMILES string of the molecule is COc1ccccc1Cc1noc2cc(OC(=O)c3ccc(Br)cc3)ccc12. The van der Waals surface area contributed by atoms with Crippen LogP contribution in [0, 0.1) is 0 Å². The van der Waals surface area contributed by atoms with Gasteiger partial charge in [-0.2, -0.15) is 0 Å². The lowest BCUT2D eigenvalue weighted by Crippen LogP contribution is -2.08. The molecule has 0 spiro atoms. The van der Waals surface area contributed by atoms with E-state index in [1.165, 1.54) is 0 Å². The zero-order valence-corrected chi connectivity index (χ0v) is 16.6. The third-order valence-corrected chi connectivity index (χ3v) is 4.89. The minimum Gasteiger partial charge on any atom is -0.496 e. The van der Waals surface area contributed by atoms with Gasteiger partial charge in [-0.25, -0.2) is 4.79 Å². The number of hydrogen-bond acceptors (Lipinski definition) is 5. The number of para-hydroxylation sites is 1. The summed E-state index contributed by atoms with van der Waals surface area (Å²) in [6, 6.07) is 20.0. The Labute approximate surface area is 170 Å². The van der Waals surface area contributed by atoms with E-state index in [4.69, 9.17) is 14.0 Å². The highest BCUT2D eigenvalue weighted by Gasteiger charge is 2.14. The highest BCUT2D eigenvalue weighted by atomic mass is 79.9. The molecule has 4 rings (SSSR count). The van der Waals surface area contributed by atoms with E-state index in [0.717, 1.165) is 26.9 Å². The van der Waals surface area contributed by atoms with Crippen molar-refractivity contribution >= 4 is 32.9 Å². The quantitative estimate of drug-likeness (QED) is 0.308. The molecule has 0 aliphatic carbocycles. The van der Waals surface area contributed by atoms with Crippen molar-refractivity contribution < 1.29 is 18.8 Å². The van der Waals surface area contributed by atoms with Crippen LogP contribution in [0.2, 0.25) is 0 Å². The lowest BCUT2D eigenvalue weighted by Gasteiger charge is -2.06. The highest BCUT2D eigenvalue weighted by Crippen LogP contribution is 2.28. The zero-order valence-electron chi connectivity index (χ0n) is 15.0. The molecule has 6 heteroatoms. The van der Waals surface area contributed by atoms with Crippen LogP contribution in [0.25, 0.3) is 11.0 Å². The number of aromatic nitrogens is 1. The first kappa shape index (κ1) is 18.3. The van der Waals surface area contributed by atoms with Gasteiger partial charge in [0.2, 0.25) is 0 Å². The number of esters is 1. The van der Waals surface area contributed by atoms with Gasteiger partial charge < -0.3 is 14.0 Å². The summed E-state index contributed by atoms with van der Waals surface area (Å²) in [6.07, 6.45) is 0.578. The Balaban J connectivity index is 1.56. The summed E-state index contributed by atoms with van der Waals surface area (Å²) in [4.78, 5) is 12.3. The minimum atomic E-state index is -0.430. The summed E-state index contributed by atoms with van der Waals surface area (Å²) >= 11 is 3.34. The van der Waals surface area contributed by atoms with Crippen LogP contribution in [0.1, 0.15) is 21.6 Å². The normalized spacial score (nSPS) is 10.8. The number of halogens is 1. The lowest BCUT2D eigenvalue weighted by atomic mass is 10.1. The number of rotatable bonds is 5. The fourth-order valence-electron chi connectivity index (χ4n) is 2.94. The largest absolute Gasteiger partial charge is 0.496 e. The van der Waals surface area contributed by atoms with E-state index in [2.05, 4.69) is 21.1 Å². The van der Waals surface area contributed by atoms with E-state index in [9.17, 15) is 4.79 Å². The van der Waals surface area contributed by atoms with Crippen molar-refractivity contribution in [3.05, 3.63) is 88.0 Å². The molecule has 5 nitrogen and oxygen atoms in total. The molecule has 0 aliphatic rings. The molecule has 1 heterocycles. The van der Waals surface area contributed by atoms with Crippen LogP contribution in [-0.4, -0.2) is 18.2 Å². The van der Waals surface area contributed by atoms with Crippen molar-refractivity contribution in [2.24, 2.45) is 0 Å². The Morgan fingerprint density at radius 2 is 1.86 bits per heavy atom. The minimum absolute atomic E-state index is 0.403. The number of benzene rings is 3. The maximum Gasteiger partial charge on any atom is 0.343 e. The predicted octanol–water partition coefficient (Wildman–Crippen LogP) is 5.41. The fraction of sp³-hybridized carbons (Fsp3) is 0.0909. The predicted molar refractivity (Wildman–Crippen MR) is 109 cm³/mol.